The van der Waals surface area contributed by atoms with Gasteiger partial charge in [-0.3, -0.25) is 23.7 Å². The number of benzene rings is 2. The topological polar surface area (TPSA) is 170 Å². The van der Waals surface area contributed by atoms with Crippen molar-refractivity contribution in [1.29, 1.82) is 0 Å². The monoisotopic (exact) mass is 934 g/mol. The van der Waals surface area contributed by atoms with Gasteiger partial charge in [0.15, 0.2) is 5.78 Å². The number of thiazole rings is 1. The summed E-state index contributed by atoms with van der Waals surface area (Å²) in [5.41, 5.74) is 2.14. The van der Waals surface area contributed by atoms with Crippen LogP contribution in [0, 0.1) is 17.3 Å². The van der Waals surface area contributed by atoms with Gasteiger partial charge in [-0.05, 0) is 90.0 Å². The number of carbonyl (C=O) groups excluding carboxylic acids is 4. The molecule has 0 radical (unpaired) electrons. The van der Waals surface area contributed by atoms with E-state index >= 15 is 0 Å². The van der Waals surface area contributed by atoms with Gasteiger partial charge in [-0.25, -0.2) is 9.71 Å². The van der Waals surface area contributed by atoms with E-state index in [1.165, 1.54) is 30.3 Å². The van der Waals surface area contributed by atoms with Crippen molar-refractivity contribution in [3.63, 3.8) is 0 Å². The summed E-state index contributed by atoms with van der Waals surface area (Å²) in [4.78, 5) is 68.3. The molecular weight excluding hydrogens is 876 g/mol. The van der Waals surface area contributed by atoms with Crippen LogP contribution in [0.5, 0.6) is 6.01 Å². The number of amides is 2. The second-order valence-electron chi connectivity index (χ2n) is 18.8. The molecule has 344 valence electrons. The highest BCUT2D eigenvalue weighted by Crippen LogP contribution is 2.57. The Bertz CT molecular complexity index is 2550. The molecule has 0 unspecified atom stereocenters. The van der Waals surface area contributed by atoms with Gasteiger partial charge in [-0.2, -0.15) is 17.7 Å². The molecule has 64 heavy (non-hydrogen) atoms. The minimum Gasteiger partial charge on any atom is -0.460 e. The molecule has 7 rings (SSSR count). The van der Waals surface area contributed by atoms with E-state index in [1.54, 1.807) is 20.8 Å². The maximum Gasteiger partial charge on any atom is 0.307 e. The Morgan fingerprint density at radius 3 is 2.55 bits per heavy atom. The van der Waals surface area contributed by atoms with Gasteiger partial charge in [0.05, 0.1) is 35.6 Å². The Hall–Kier alpha value is -4.64. The molecule has 1 N–H and O–H groups in total. The van der Waals surface area contributed by atoms with Crippen molar-refractivity contribution < 1.29 is 37.1 Å². The first-order valence-corrected chi connectivity index (χ1v) is 24.8. The van der Waals surface area contributed by atoms with Gasteiger partial charge >= 0.3 is 16.2 Å². The summed E-state index contributed by atoms with van der Waals surface area (Å²) in [5.74, 6) is -3.11. The first-order valence-electron chi connectivity index (χ1n) is 22.1. The zero-order chi connectivity index (χ0) is 46.1. The first kappa shape index (κ1) is 47.3. The lowest BCUT2D eigenvalue weighted by Gasteiger charge is -2.29. The summed E-state index contributed by atoms with van der Waals surface area (Å²) in [5, 5.41) is 3.49. The molecule has 14 nitrogen and oxygen atoms in total. The maximum absolute atomic E-state index is 14.8. The van der Waals surface area contributed by atoms with Crippen LogP contribution in [0.3, 0.4) is 0 Å². The van der Waals surface area contributed by atoms with Crippen molar-refractivity contribution in [3.05, 3.63) is 76.3 Å². The quantitative estimate of drug-likeness (QED) is 0.115. The average Bonchev–Trinajstić information content (AvgIpc) is 3.53. The van der Waals surface area contributed by atoms with Crippen LogP contribution in [0.15, 0.2) is 60.0 Å². The van der Waals surface area contributed by atoms with Gasteiger partial charge in [0.2, 0.25) is 11.8 Å². The zero-order valence-corrected chi connectivity index (χ0v) is 40.0. The molecule has 2 aromatic carbocycles. The van der Waals surface area contributed by atoms with E-state index in [1.807, 2.05) is 78.4 Å². The zero-order valence-electron chi connectivity index (χ0n) is 37.6. The van der Waals surface area contributed by atoms with E-state index in [9.17, 15) is 27.6 Å². The van der Waals surface area contributed by atoms with Gasteiger partial charge < -0.3 is 14.4 Å². The van der Waals surface area contributed by atoms with Crippen LogP contribution in [0.4, 0.5) is 0 Å². The molecule has 17 heteroatoms. The summed E-state index contributed by atoms with van der Waals surface area (Å²) in [6.45, 7) is 9.42. The Kier molecular flexibility index (Phi) is 14.1. The van der Waals surface area contributed by atoms with Gasteiger partial charge in [0, 0.05) is 61.3 Å². The third-order valence-electron chi connectivity index (χ3n) is 12.3. The van der Waals surface area contributed by atoms with Crippen LogP contribution in [-0.2, 0) is 40.5 Å². The fourth-order valence-electron chi connectivity index (χ4n) is 8.87. The molecule has 4 aromatic rings. The number of aromatic nitrogens is 3. The second-order valence-corrected chi connectivity index (χ2v) is 22.0. The van der Waals surface area contributed by atoms with Gasteiger partial charge in [-0.15, -0.1) is 11.3 Å². The van der Waals surface area contributed by atoms with E-state index in [0.717, 1.165) is 44.5 Å². The van der Waals surface area contributed by atoms with Crippen molar-refractivity contribution in [3.8, 4) is 16.6 Å². The molecule has 5 atom stereocenters. The highest BCUT2D eigenvalue weighted by molar-refractivity contribution is 7.87. The van der Waals surface area contributed by atoms with E-state index in [-0.39, 0.29) is 55.9 Å². The molecular formula is C47H59ClN6O8S2. The smallest absolute Gasteiger partial charge is 0.307 e. The van der Waals surface area contributed by atoms with Crippen molar-refractivity contribution >= 4 is 67.7 Å². The predicted molar refractivity (Wildman–Crippen MR) is 247 cm³/mol. The molecule has 2 aromatic heterocycles. The molecule has 2 amide bonds. The summed E-state index contributed by atoms with van der Waals surface area (Å²) in [6.07, 6.45) is 7.17. The SMILES string of the molecule is CC(C)n1c(O[C@@H]2C[C@H]3C(=O)C[C@]4(C(=O)NS(=O)(=O)N(C)C)C[C@H]4/C=C\CCCCC[C@H](CC(=O)OC(C)(C)C)C(=O)N3C2)nc2c(-c3nc(Cc4ccccc4Cl)cs3)cccc21. The van der Waals surface area contributed by atoms with Crippen LogP contribution < -0.4 is 9.46 Å². The van der Waals surface area contributed by atoms with Gasteiger partial charge in [-0.1, -0.05) is 60.9 Å². The van der Waals surface area contributed by atoms with Crippen LogP contribution >= 0.6 is 22.9 Å². The molecule has 0 spiro atoms. The lowest BCUT2D eigenvalue weighted by molar-refractivity contribution is -0.159. The molecule has 1 saturated carbocycles. The number of ketones is 1. The average molecular weight is 936 g/mol. The van der Waals surface area contributed by atoms with E-state index in [4.69, 9.17) is 31.0 Å². The first-order chi connectivity index (χ1) is 30.3. The molecule has 2 aliphatic heterocycles. The number of fused-ring (bicyclic) bond motifs is 3. The summed E-state index contributed by atoms with van der Waals surface area (Å²) in [6, 6.07) is 12.8. The molecule has 3 aliphatic rings. The number of carbonyl (C=O) groups is 4. The largest absolute Gasteiger partial charge is 0.460 e. The number of ether oxygens (including phenoxy) is 2. The predicted octanol–water partition coefficient (Wildman–Crippen LogP) is 8.09. The number of halogens is 1. The maximum atomic E-state index is 14.8. The number of nitrogens with zero attached hydrogens (tertiary/aromatic N) is 5. The number of Topliss-reactive ketones (excluding diaryl/α,β-unsaturated/α-hetero) is 1. The van der Waals surface area contributed by atoms with Crippen LogP contribution in [0.2, 0.25) is 5.02 Å². The number of esters is 1. The number of nitrogens with one attached hydrogen (secondary N) is 1. The number of imidazole rings is 1. The number of para-hydroxylation sites is 1. The van der Waals surface area contributed by atoms with Crippen LogP contribution in [-0.4, -0.2) is 94.1 Å². The lowest BCUT2D eigenvalue weighted by Crippen LogP contribution is -2.47. The number of hydrogen-bond donors (Lipinski definition) is 1. The lowest BCUT2D eigenvalue weighted by atomic mass is 9.90. The fourth-order valence-corrected chi connectivity index (χ4v) is 10.5. The van der Waals surface area contributed by atoms with Crippen molar-refractivity contribution in [2.45, 2.75) is 123 Å². The summed E-state index contributed by atoms with van der Waals surface area (Å²) in [7, 11) is -1.50. The molecule has 1 saturated heterocycles. The fraction of sp³-hybridized carbons (Fsp3) is 0.532. The minimum atomic E-state index is -4.15. The summed E-state index contributed by atoms with van der Waals surface area (Å²) < 4.78 is 43.3. The minimum absolute atomic E-state index is 0.0314. The molecule has 2 fully saturated rings. The highest BCUT2D eigenvalue weighted by Gasteiger charge is 2.61. The molecule has 1 aliphatic carbocycles. The van der Waals surface area contributed by atoms with Crippen LogP contribution in [0.25, 0.3) is 21.6 Å². The Morgan fingerprint density at radius 1 is 1.06 bits per heavy atom. The van der Waals surface area contributed by atoms with Crippen molar-refractivity contribution in [2.75, 3.05) is 20.6 Å². The highest BCUT2D eigenvalue weighted by atomic mass is 35.5. The van der Waals surface area contributed by atoms with Gasteiger partial charge in [0.1, 0.15) is 22.2 Å². The Labute approximate surface area is 384 Å². The summed E-state index contributed by atoms with van der Waals surface area (Å²) >= 11 is 7.98. The van der Waals surface area contributed by atoms with E-state index in [0.29, 0.717) is 42.2 Å². The Balaban J connectivity index is 1.22. The normalized spacial score (nSPS) is 23.9. The van der Waals surface area contributed by atoms with Crippen molar-refractivity contribution in [1.82, 2.24) is 28.5 Å². The Morgan fingerprint density at radius 2 is 1.83 bits per heavy atom. The van der Waals surface area contributed by atoms with E-state index in [2.05, 4.69) is 4.72 Å². The number of rotatable bonds is 11. The molecule has 0 bridgehead atoms. The standard InChI is InChI=1S/C47H59ClN6O8S2/c1-29(2)54-37-21-15-19-35(42-49-33(28-63-42)22-30-16-13-14-20-36(30)48)41(37)50-45(54)61-34-24-38-39(55)26-47(44(58)51-64(59,60)52(6)7)25-32(47)18-12-10-8-9-11-17-31(43(57)53(38)27-34)23-40(56)62-46(3,4)5/h12-16,18-21,28-29,31-32,34,38H,8-11,17,22-27H2,1-7H3,(H,51,58)/b18-12-/t31-,32-,34-,38+,47-/m1/s1. The van der Waals surface area contributed by atoms with Crippen LogP contribution in [0.1, 0.15) is 110 Å². The third-order valence-corrected chi connectivity index (χ3v) is 15.0. The number of hydrogen-bond acceptors (Lipinski definition) is 11. The van der Waals surface area contributed by atoms with E-state index < -0.39 is 51.2 Å². The third kappa shape index (κ3) is 10.6. The van der Waals surface area contributed by atoms with Gasteiger partial charge in [0.25, 0.3) is 6.01 Å². The number of allylic oxidation sites excluding steroid dienone is 2. The second kappa shape index (κ2) is 19.1. The van der Waals surface area contributed by atoms with Crippen molar-refractivity contribution in [2.24, 2.45) is 17.3 Å². The molecule has 4 heterocycles.